The highest BCUT2D eigenvalue weighted by atomic mass is 19.1. The molecule has 0 aliphatic rings. The first kappa shape index (κ1) is 20.0. The number of fused-ring (bicyclic) bond motifs is 1. The Morgan fingerprint density at radius 1 is 1.14 bits per heavy atom. The van der Waals surface area contributed by atoms with Gasteiger partial charge in [-0.15, -0.1) is 0 Å². The Balaban J connectivity index is 1.63. The zero-order chi connectivity index (χ0) is 19.9. The van der Waals surface area contributed by atoms with Crippen LogP contribution in [0.1, 0.15) is 43.7 Å². The zero-order valence-electron chi connectivity index (χ0n) is 15.8. The summed E-state index contributed by atoms with van der Waals surface area (Å²) in [5.74, 6) is -0.593. The number of para-hydroxylation sites is 2. The molecule has 6 heteroatoms. The maximum atomic E-state index is 14.4. The first-order chi connectivity index (χ1) is 13.6. The van der Waals surface area contributed by atoms with Crippen LogP contribution in [0.25, 0.3) is 11.1 Å². The van der Waals surface area contributed by atoms with Gasteiger partial charge in [-0.25, -0.2) is 9.37 Å². The van der Waals surface area contributed by atoms with Crippen LogP contribution >= 0.6 is 0 Å². The number of oxazole rings is 1. The predicted octanol–water partition coefficient (Wildman–Crippen LogP) is 4.12. The van der Waals surface area contributed by atoms with Crippen molar-refractivity contribution in [2.45, 2.75) is 50.9 Å². The number of aromatic nitrogens is 1. The summed E-state index contributed by atoms with van der Waals surface area (Å²) in [4.78, 5) is 16.6. The number of carbonyl (C=O) groups is 1. The normalized spacial score (nSPS) is 14.5. The second-order valence-electron chi connectivity index (χ2n) is 6.86. The molecule has 0 aliphatic carbocycles. The van der Waals surface area contributed by atoms with Crippen LogP contribution in [0, 0.1) is 0 Å². The van der Waals surface area contributed by atoms with Gasteiger partial charge in [0.05, 0.1) is 6.04 Å². The molecule has 0 radical (unpaired) electrons. The number of rotatable bonds is 9. The minimum atomic E-state index is -1.64. The quantitative estimate of drug-likeness (QED) is 0.582. The Labute approximate surface area is 163 Å². The van der Waals surface area contributed by atoms with Gasteiger partial charge >= 0.3 is 0 Å². The number of alkyl halides is 1. The Bertz CT molecular complexity index is 864. The molecule has 3 rings (SSSR count). The van der Waals surface area contributed by atoms with Gasteiger partial charge in [0.25, 0.3) is 5.91 Å². The number of benzene rings is 2. The summed E-state index contributed by atoms with van der Waals surface area (Å²) >= 11 is 0. The number of hydrogen-bond acceptors (Lipinski definition) is 4. The number of amides is 1. The number of aliphatic hydroxyl groups excluding tert-OH is 1. The number of carbonyl (C=O) groups excluding carboxylic acids is 1. The van der Waals surface area contributed by atoms with Gasteiger partial charge in [-0.05, 0) is 37.0 Å². The third-order valence-electron chi connectivity index (χ3n) is 4.69. The van der Waals surface area contributed by atoms with Crippen LogP contribution in [0.4, 0.5) is 4.39 Å². The van der Waals surface area contributed by atoms with Crippen LogP contribution < -0.4 is 5.32 Å². The fourth-order valence-electron chi connectivity index (χ4n) is 3.15. The average Bonchev–Trinajstić information content (AvgIpc) is 3.16. The van der Waals surface area contributed by atoms with Crippen molar-refractivity contribution in [2.24, 2.45) is 0 Å². The van der Waals surface area contributed by atoms with E-state index < -0.39 is 24.2 Å². The summed E-state index contributed by atoms with van der Waals surface area (Å²) in [5.41, 5.74) is 2.17. The molecule has 3 atom stereocenters. The minimum absolute atomic E-state index is 0.0909. The molecule has 0 spiro atoms. The Morgan fingerprint density at radius 2 is 1.86 bits per heavy atom. The monoisotopic (exact) mass is 384 g/mol. The SMILES string of the molecule is CCCC(NC(=O)[C@@H](F)CCc1ccccc1)[C@H](O)c1nc2ccccc2o1. The highest BCUT2D eigenvalue weighted by Gasteiger charge is 2.29. The molecule has 0 bridgehead atoms. The molecule has 1 aromatic heterocycles. The van der Waals surface area contributed by atoms with Gasteiger partial charge in [-0.1, -0.05) is 55.8 Å². The van der Waals surface area contributed by atoms with E-state index in [9.17, 15) is 14.3 Å². The first-order valence-corrected chi connectivity index (χ1v) is 9.60. The van der Waals surface area contributed by atoms with Gasteiger partial charge in [0.1, 0.15) is 5.52 Å². The molecule has 2 N–H and O–H groups in total. The Hall–Kier alpha value is -2.73. The van der Waals surface area contributed by atoms with Crippen molar-refractivity contribution < 1.29 is 18.7 Å². The van der Waals surface area contributed by atoms with E-state index in [2.05, 4.69) is 10.3 Å². The van der Waals surface area contributed by atoms with E-state index in [-0.39, 0.29) is 12.3 Å². The number of aryl methyl sites for hydroxylation is 1. The van der Waals surface area contributed by atoms with Crippen LogP contribution in [0.2, 0.25) is 0 Å². The Morgan fingerprint density at radius 3 is 2.57 bits per heavy atom. The predicted molar refractivity (Wildman–Crippen MR) is 105 cm³/mol. The molecule has 148 valence electrons. The lowest BCUT2D eigenvalue weighted by atomic mass is 10.0. The van der Waals surface area contributed by atoms with E-state index in [1.807, 2.05) is 49.4 Å². The lowest BCUT2D eigenvalue weighted by molar-refractivity contribution is -0.128. The van der Waals surface area contributed by atoms with E-state index in [1.54, 1.807) is 12.1 Å². The maximum absolute atomic E-state index is 14.4. The van der Waals surface area contributed by atoms with Gasteiger partial charge in [-0.2, -0.15) is 0 Å². The lowest BCUT2D eigenvalue weighted by Gasteiger charge is -2.22. The minimum Gasteiger partial charge on any atom is -0.438 e. The van der Waals surface area contributed by atoms with Crippen molar-refractivity contribution in [1.29, 1.82) is 0 Å². The van der Waals surface area contributed by atoms with E-state index in [0.29, 0.717) is 30.4 Å². The first-order valence-electron chi connectivity index (χ1n) is 9.60. The number of nitrogens with zero attached hydrogens (tertiary/aromatic N) is 1. The Kier molecular flexibility index (Phi) is 6.76. The molecule has 5 nitrogen and oxygen atoms in total. The summed E-state index contributed by atoms with van der Waals surface area (Å²) in [6, 6.07) is 16.0. The fraction of sp³-hybridized carbons (Fsp3) is 0.364. The number of hydrogen-bond donors (Lipinski definition) is 2. The maximum Gasteiger partial charge on any atom is 0.254 e. The third kappa shape index (κ3) is 4.95. The van der Waals surface area contributed by atoms with Crippen LogP contribution in [-0.2, 0) is 11.2 Å². The van der Waals surface area contributed by atoms with Crippen molar-refractivity contribution >= 4 is 17.0 Å². The fourth-order valence-corrected chi connectivity index (χ4v) is 3.15. The van der Waals surface area contributed by atoms with Crippen molar-refractivity contribution in [2.75, 3.05) is 0 Å². The zero-order valence-corrected chi connectivity index (χ0v) is 15.8. The van der Waals surface area contributed by atoms with Crippen molar-refractivity contribution in [3.8, 4) is 0 Å². The standard InChI is InChI=1S/C22H25FN2O3/c1-2-8-18(20(26)22-25-17-11-6-7-12-19(17)28-22)24-21(27)16(23)14-13-15-9-4-3-5-10-15/h3-7,9-12,16,18,20,26H,2,8,13-14H2,1H3,(H,24,27)/t16-,18?,20-/m0/s1. The summed E-state index contributed by atoms with van der Waals surface area (Å²) in [5, 5.41) is 13.3. The molecule has 3 aromatic rings. The summed E-state index contributed by atoms with van der Waals surface area (Å²) < 4.78 is 20.0. The van der Waals surface area contributed by atoms with Crippen molar-refractivity contribution in [3.05, 3.63) is 66.1 Å². The summed E-state index contributed by atoms with van der Waals surface area (Å²) in [6.07, 6.45) is -1.02. The number of nitrogens with one attached hydrogen (secondary N) is 1. The summed E-state index contributed by atoms with van der Waals surface area (Å²) in [7, 11) is 0. The second kappa shape index (κ2) is 9.46. The lowest BCUT2D eigenvalue weighted by Crippen LogP contribution is -2.43. The third-order valence-corrected chi connectivity index (χ3v) is 4.69. The molecule has 0 fully saturated rings. The molecule has 2 aromatic carbocycles. The van der Waals surface area contributed by atoms with Crippen molar-refractivity contribution in [3.63, 3.8) is 0 Å². The van der Waals surface area contributed by atoms with Crippen LogP contribution in [0.15, 0.2) is 59.0 Å². The van der Waals surface area contributed by atoms with Crippen LogP contribution in [0.3, 0.4) is 0 Å². The van der Waals surface area contributed by atoms with Gasteiger partial charge in [0.2, 0.25) is 5.89 Å². The molecule has 0 saturated heterocycles. The van der Waals surface area contributed by atoms with Gasteiger partial charge in [0, 0.05) is 0 Å². The van der Waals surface area contributed by atoms with Crippen molar-refractivity contribution in [1.82, 2.24) is 10.3 Å². The number of aliphatic hydroxyl groups is 1. The molecule has 28 heavy (non-hydrogen) atoms. The van der Waals surface area contributed by atoms with Crippen LogP contribution in [0.5, 0.6) is 0 Å². The highest BCUT2D eigenvalue weighted by Crippen LogP contribution is 2.24. The van der Waals surface area contributed by atoms with Gasteiger partial charge < -0.3 is 14.8 Å². The molecule has 1 heterocycles. The van der Waals surface area contributed by atoms with Gasteiger partial charge in [-0.3, -0.25) is 4.79 Å². The molecule has 1 amide bonds. The van der Waals surface area contributed by atoms with E-state index >= 15 is 0 Å². The second-order valence-corrected chi connectivity index (χ2v) is 6.86. The van der Waals surface area contributed by atoms with Crippen LogP contribution in [-0.4, -0.2) is 28.2 Å². The highest BCUT2D eigenvalue weighted by molar-refractivity contribution is 5.81. The molecule has 1 unspecified atom stereocenters. The summed E-state index contributed by atoms with van der Waals surface area (Å²) in [6.45, 7) is 1.93. The van der Waals surface area contributed by atoms with E-state index in [4.69, 9.17) is 4.42 Å². The smallest absolute Gasteiger partial charge is 0.254 e. The molecular weight excluding hydrogens is 359 g/mol. The average molecular weight is 384 g/mol. The molecular formula is C22H25FN2O3. The largest absolute Gasteiger partial charge is 0.438 e. The van der Waals surface area contributed by atoms with E-state index in [1.165, 1.54) is 0 Å². The molecule has 0 saturated carbocycles. The number of halogens is 1. The van der Waals surface area contributed by atoms with Gasteiger partial charge in [0.15, 0.2) is 17.9 Å². The van der Waals surface area contributed by atoms with E-state index in [0.717, 1.165) is 5.56 Å². The molecule has 0 aliphatic heterocycles. The topological polar surface area (TPSA) is 75.4 Å².